The lowest BCUT2D eigenvalue weighted by atomic mass is 10.1. The number of benzene rings is 1. The molecule has 142 valence electrons. The second-order valence-electron chi connectivity index (χ2n) is 7.20. The third-order valence-corrected chi connectivity index (χ3v) is 5.29. The normalized spacial score (nSPS) is 15.5. The molecule has 5 rings (SSSR count). The predicted molar refractivity (Wildman–Crippen MR) is 105 cm³/mol. The van der Waals surface area contributed by atoms with Crippen molar-refractivity contribution >= 4 is 21.8 Å². The first-order chi connectivity index (χ1) is 13.6. The molecule has 0 radical (unpaired) electrons. The van der Waals surface area contributed by atoms with E-state index in [1.54, 1.807) is 40.9 Å². The van der Waals surface area contributed by atoms with Crippen molar-refractivity contribution in [3.8, 4) is 11.3 Å². The van der Waals surface area contributed by atoms with E-state index in [1.165, 1.54) is 6.07 Å². The van der Waals surface area contributed by atoms with Gasteiger partial charge in [0.25, 0.3) is 5.56 Å². The number of fused-ring (bicyclic) bond motifs is 2. The summed E-state index contributed by atoms with van der Waals surface area (Å²) in [6.45, 7) is 1.77. The van der Waals surface area contributed by atoms with Crippen molar-refractivity contribution in [3.05, 3.63) is 52.8 Å². The Kier molecular flexibility index (Phi) is 3.94. The van der Waals surface area contributed by atoms with Crippen LogP contribution in [-0.2, 0) is 7.05 Å². The van der Waals surface area contributed by atoms with Crippen molar-refractivity contribution in [2.75, 3.05) is 13.1 Å². The van der Waals surface area contributed by atoms with E-state index in [4.69, 9.17) is 0 Å². The van der Waals surface area contributed by atoms with Crippen LogP contribution in [0.1, 0.15) is 18.9 Å². The van der Waals surface area contributed by atoms with Gasteiger partial charge in [0.05, 0.1) is 28.8 Å². The van der Waals surface area contributed by atoms with Gasteiger partial charge in [0.1, 0.15) is 5.52 Å². The maximum absolute atomic E-state index is 14.4. The van der Waals surface area contributed by atoms with Gasteiger partial charge in [-0.05, 0) is 50.2 Å². The van der Waals surface area contributed by atoms with Gasteiger partial charge < -0.3 is 5.32 Å². The smallest absolute Gasteiger partial charge is 0.276 e. The Morgan fingerprint density at radius 2 is 2.04 bits per heavy atom. The molecule has 4 aromatic rings. The van der Waals surface area contributed by atoms with Gasteiger partial charge in [-0.25, -0.2) is 14.1 Å². The van der Waals surface area contributed by atoms with Crippen LogP contribution in [0.5, 0.6) is 0 Å². The zero-order valence-electron chi connectivity index (χ0n) is 15.4. The van der Waals surface area contributed by atoms with Crippen molar-refractivity contribution in [1.29, 1.82) is 0 Å². The van der Waals surface area contributed by atoms with Crippen LogP contribution in [0.2, 0.25) is 0 Å². The molecule has 1 aromatic carbocycles. The molecule has 3 aromatic heterocycles. The summed E-state index contributed by atoms with van der Waals surface area (Å²) in [7, 11) is 1.76. The molecule has 0 saturated carbocycles. The Morgan fingerprint density at radius 3 is 2.86 bits per heavy atom. The quantitative estimate of drug-likeness (QED) is 0.580. The monoisotopic (exact) mass is 378 g/mol. The molecule has 7 nitrogen and oxygen atoms in total. The molecular weight excluding hydrogens is 359 g/mol. The first kappa shape index (κ1) is 17.0. The second kappa shape index (κ2) is 6.49. The molecule has 0 aliphatic carbocycles. The van der Waals surface area contributed by atoms with Gasteiger partial charge >= 0.3 is 0 Å². The molecule has 4 heterocycles. The molecule has 0 spiro atoms. The van der Waals surface area contributed by atoms with E-state index in [-0.39, 0.29) is 11.6 Å². The lowest BCUT2D eigenvalue weighted by Crippen LogP contribution is -2.35. The number of nitrogens with one attached hydrogen (secondary N) is 1. The summed E-state index contributed by atoms with van der Waals surface area (Å²) in [5.74, 6) is -0.394. The molecule has 0 bridgehead atoms. The Hall–Kier alpha value is -3.13. The van der Waals surface area contributed by atoms with Crippen LogP contribution in [0.15, 0.2) is 41.5 Å². The zero-order valence-corrected chi connectivity index (χ0v) is 15.4. The average Bonchev–Trinajstić information content (AvgIpc) is 3.09. The van der Waals surface area contributed by atoms with Crippen LogP contribution in [0, 0.1) is 5.82 Å². The maximum atomic E-state index is 14.4. The number of piperidine rings is 1. The summed E-state index contributed by atoms with van der Waals surface area (Å²) < 4.78 is 17.6. The van der Waals surface area contributed by atoms with Gasteiger partial charge in [0.15, 0.2) is 5.82 Å². The molecule has 8 heteroatoms. The maximum Gasteiger partial charge on any atom is 0.276 e. The Balaban J connectivity index is 1.59. The molecule has 1 N–H and O–H groups in total. The third-order valence-electron chi connectivity index (χ3n) is 5.29. The number of hydrogen-bond donors (Lipinski definition) is 1. The summed E-state index contributed by atoms with van der Waals surface area (Å²) in [5.41, 5.74) is 1.95. The fourth-order valence-corrected chi connectivity index (χ4v) is 3.88. The zero-order chi connectivity index (χ0) is 19.3. The van der Waals surface area contributed by atoms with Crippen LogP contribution in [0.3, 0.4) is 0 Å². The predicted octanol–water partition coefficient (Wildman–Crippen LogP) is 2.41. The molecule has 1 aliphatic rings. The van der Waals surface area contributed by atoms with Crippen molar-refractivity contribution in [1.82, 2.24) is 29.9 Å². The van der Waals surface area contributed by atoms with Crippen molar-refractivity contribution in [2.45, 2.75) is 18.9 Å². The second-order valence-corrected chi connectivity index (χ2v) is 7.20. The largest absolute Gasteiger partial charge is 0.317 e. The highest BCUT2D eigenvalue weighted by atomic mass is 19.1. The fraction of sp³-hybridized carbons (Fsp3) is 0.300. The highest BCUT2D eigenvalue weighted by Crippen LogP contribution is 2.26. The van der Waals surface area contributed by atoms with Crippen LogP contribution < -0.4 is 10.9 Å². The minimum Gasteiger partial charge on any atom is -0.317 e. The molecule has 28 heavy (non-hydrogen) atoms. The SMILES string of the molecule is Cn1cc2cc(-c3ccc4c(=O)n(C5CCNCC5)ncc4n3)cc(F)c2n1. The first-order valence-electron chi connectivity index (χ1n) is 9.33. The van der Waals surface area contributed by atoms with Crippen LogP contribution in [0.25, 0.3) is 33.1 Å². The minimum absolute atomic E-state index is 0.111. The number of pyridine rings is 1. The number of hydrogen-bond acceptors (Lipinski definition) is 5. The lowest BCUT2D eigenvalue weighted by molar-refractivity contribution is 0.333. The van der Waals surface area contributed by atoms with E-state index in [0.717, 1.165) is 25.9 Å². The van der Waals surface area contributed by atoms with Gasteiger partial charge in [-0.2, -0.15) is 10.2 Å². The van der Waals surface area contributed by atoms with E-state index in [1.807, 2.05) is 6.07 Å². The molecule has 0 amide bonds. The summed E-state index contributed by atoms with van der Waals surface area (Å²) in [5, 5.41) is 13.0. The first-order valence-corrected chi connectivity index (χ1v) is 9.33. The average molecular weight is 378 g/mol. The number of aryl methyl sites for hydroxylation is 1. The number of aromatic nitrogens is 5. The summed E-state index contributed by atoms with van der Waals surface area (Å²) in [6.07, 6.45) is 5.16. The van der Waals surface area contributed by atoms with Gasteiger partial charge in [-0.1, -0.05) is 0 Å². The molecule has 1 fully saturated rings. The van der Waals surface area contributed by atoms with Crippen molar-refractivity contribution < 1.29 is 4.39 Å². The number of rotatable bonds is 2. The van der Waals surface area contributed by atoms with Crippen molar-refractivity contribution in [3.63, 3.8) is 0 Å². The lowest BCUT2D eigenvalue weighted by Gasteiger charge is -2.23. The van der Waals surface area contributed by atoms with E-state index in [9.17, 15) is 9.18 Å². The van der Waals surface area contributed by atoms with Gasteiger partial charge in [0.2, 0.25) is 0 Å². The summed E-state index contributed by atoms with van der Waals surface area (Å²) >= 11 is 0. The molecule has 0 unspecified atom stereocenters. The fourth-order valence-electron chi connectivity index (χ4n) is 3.88. The molecular formula is C20H19FN6O. The summed E-state index contributed by atoms with van der Waals surface area (Å²) in [4.78, 5) is 17.4. The highest BCUT2D eigenvalue weighted by molar-refractivity contribution is 5.86. The minimum atomic E-state index is -0.394. The van der Waals surface area contributed by atoms with Crippen LogP contribution in [-0.4, -0.2) is 37.6 Å². The highest BCUT2D eigenvalue weighted by Gasteiger charge is 2.19. The van der Waals surface area contributed by atoms with E-state index in [2.05, 4.69) is 20.5 Å². The third kappa shape index (κ3) is 2.77. The molecule has 0 atom stereocenters. The Morgan fingerprint density at radius 1 is 1.21 bits per heavy atom. The van der Waals surface area contributed by atoms with Crippen LogP contribution in [0.4, 0.5) is 4.39 Å². The topological polar surface area (TPSA) is 77.6 Å². The van der Waals surface area contributed by atoms with Gasteiger partial charge in [0, 0.05) is 24.2 Å². The molecule has 1 saturated heterocycles. The van der Waals surface area contributed by atoms with Gasteiger partial charge in [-0.3, -0.25) is 9.48 Å². The van der Waals surface area contributed by atoms with Crippen molar-refractivity contribution in [2.24, 2.45) is 7.05 Å². The van der Waals surface area contributed by atoms with Gasteiger partial charge in [-0.15, -0.1) is 0 Å². The van der Waals surface area contributed by atoms with E-state index in [0.29, 0.717) is 33.1 Å². The Bertz CT molecular complexity index is 1260. The molecule has 1 aliphatic heterocycles. The number of nitrogens with zero attached hydrogens (tertiary/aromatic N) is 5. The number of halogens is 1. The van der Waals surface area contributed by atoms with E-state index < -0.39 is 5.82 Å². The Labute approximate surface area is 159 Å². The summed E-state index contributed by atoms with van der Waals surface area (Å²) in [6, 6.07) is 6.90. The van der Waals surface area contributed by atoms with E-state index >= 15 is 0 Å². The standard InChI is InChI=1S/C20H19FN6O/c1-26-11-13-8-12(9-16(21)19(13)25-26)17-3-2-15-18(24-17)10-23-27(20(15)28)14-4-6-22-7-5-14/h2-3,8-11,14,22H,4-7H2,1H3. The van der Waals surface area contributed by atoms with Crippen LogP contribution >= 0.6 is 0 Å².